The highest BCUT2D eigenvalue weighted by molar-refractivity contribution is 7.80. The standard InChI is InChI=1S/C16H11N3S2/c20-13-8-6-11(7-9-13)14-10-19-16(17-14)21-15(18-19)12-4-2-1-3-5-12/h1-10,20H. The first-order chi connectivity index (χ1) is 10.3. The molecule has 4 rings (SSSR count). The fourth-order valence-corrected chi connectivity index (χ4v) is 3.20. The molecule has 0 saturated heterocycles. The van der Waals surface area contributed by atoms with Gasteiger partial charge in [0.2, 0.25) is 4.96 Å². The van der Waals surface area contributed by atoms with Gasteiger partial charge >= 0.3 is 0 Å². The molecule has 102 valence electrons. The van der Waals surface area contributed by atoms with Crippen molar-refractivity contribution in [1.82, 2.24) is 14.6 Å². The smallest absolute Gasteiger partial charge is 0.213 e. The van der Waals surface area contributed by atoms with Crippen molar-refractivity contribution in [1.29, 1.82) is 0 Å². The third-order valence-corrected chi connectivity index (χ3v) is 4.50. The molecule has 0 aliphatic carbocycles. The third kappa shape index (κ3) is 2.34. The second-order valence-electron chi connectivity index (χ2n) is 4.67. The van der Waals surface area contributed by atoms with Crippen LogP contribution >= 0.6 is 24.0 Å². The number of hydrogen-bond acceptors (Lipinski definition) is 4. The first kappa shape index (κ1) is 12.6. The maximum atomic E-state index is 4.65. The molecule has 0 spiro atoms. The van der Waals surface area contributed by atoms with Gasteiger partial charge in [-0.1, -0.05) is 53.8 Å². The van der Waals surface area contributed by atoms with Crippen LogP contribution < -0.4 is 0 Å². The molecule has 2 aromatic heterocycles. The molecule has 5 heteroatoms. The van der Waals surface area contributed by atoms with E-state index in [2.05, 4.69) is 34.8 Å². The lowest BCUT2D eigenvalue weighted by atomic mass is 10.2. The van der Waals surface area contributed by atoms with Crippen LogP contribution in [0.3, 0.4) is 0 Å². The average Bonchev–Trinajstić information content (AvgIpc) is 3.07. The molecule has 0 fully saturated rings. The Hall–Kier alpha value is -2.11. The number of fused-ring (bicyclic) bond motifs is 1. The Labute approximate surface area is 131 Å². The van der Waals surface area contributed by atoms with Crippen LogP contribution in [0, 0.1) is 0 Å². The van der Waals surface area contributed by atoms with Crippen molar-refractivity contribution >= 4 is 28.9 Å². The van der Waals surface area contributed by atoms with E-state index >= 15 is 0 Å². The lowest BCUT2D eigenvalue weighted by Gasteiger charge is -1.96. The number of benzene rings is 2. The first-order valence-electron chi connectivity index (χ1n) is 6.51. The summed E-state index contributed by atoms with van der Waals surface area (Å²) >= 11 is 5.89. The molecule has 0 atom stereocenters. The van der Waals surface area contributed by atoms with E-state index in [4.69, 9.17) is 0 Å². The van der Waals surface area contributed by atoms with Gasteiger partial charge in [0, 0.05) is 16.0 Å². The van der Waals surface area contributed by atoms with Crippen LogP contribution in [0.15, 0.2) is 65.7 Å². The monoisotopic (exact) mass is 309 g/mol. The van der Waals surface area contributed by atoms with E-state index in [-0.39, 0.29) is 0 Å². The van der Waals surface area contributed by atoms with Crippen LogP contribution in [0.1, 0.15) is 0 Å². The number of nitrogens with zero attached hydrogens (tertiary/aromatic N) is 3. The van der Waals surface area contributed by atoms with E-state index < -0.39 is 0 Å². The zero-order chi connectivity index (χ0) is 14.2. The van der Waals surface area contributed by atoms with E-state index in [1.807, 2.05) is 53.2 Å². The van der Waals surface area contributed by atoms with E-state index in [1.54, 1.807) is 11.3 Å². The number of thiol groups is 1. The predicted octanol–water partition coefficient (Wildman–Crippen LogP) is 4.41. The largest absolute Gasteiger partial charge is 0.217 e. The SMILES string of the molecule is Sc1ccc(-c2cn3nc(-c4ccccc4)sc3n2)cc1. The average molecular weight is 309 g/mol. The highest BCUT2D eigenvalue weighted by atomic mass is 32.1. The maximum absolute atomic E-state index is 4.65. The molecular formula is C16H11N3S2. The van der Waals surface area contributed by atoms with Crippen LogP contribution in [0.2, 0.25) is 0 Å². The van der Waals surface area contributed by atoms with Crippen molar-refractivity contribution in [3.63, 3.8) is 0 Å². The van der Waals surface area contributed by atoms with Crippen LogP contribution in [0.25, 0.3) is 26.8 Å². The quantitative estimate of drug-likeness (QED) is 0.556. The Balaban J connectivity index is 1.75. The molecule has 3 nitrogen and oxygen atoms in total. The molecule has 0 aliphatic heterocycles. The van der Waals surface area contributed by atoms with Gasteiger partial charge in [-0.05, 0) is 12.1 Å². The van der Waals surface area contributed by atoms with Gasteiger partial charge in [0.15, 0.2) is 0 Å². The van der Waals surface area contributed by atoms with Gasteiger partial charge in [-0.3, -0.25) is 0 Å². The zero-order valence-electron chi connectivity index (χ0n) is 11.0. The number of rotatable bonds is 2. The van der Waals surface area contributed by atoms with Gasteiger partial charge in [0.05, 0.1) is 11.9 Å². The van der Waals surface area contributed by atoms with Crippen molar-refractivity contribution in [2.75, 3.05) is 0 Å². The predicted molar refractivity (Wildman–Crippen MR) is 89.0 cm³/mol. The highest BCUT2D eigenvalue weighted by Crippen LogP contribution is 2.28. The first-order valence-corrected chi connectivity index (χ1v) is 7.77. The van der Waals surface area contributed by atoms with E-state index in [9.17, 15) is 0 Å². The molecule has 0 radical (unpaired) electrons. The van der Waals surface area contributed by atoms with Gasteiger partial charge in [0.1, 0.15) is 5.01 Å². The molecular weight excluding hydrogens is 298 g/mol. The lowest BCUT2D eigenvalue weighted by Crippen LogP contribution is -1.82. The van der Waals surface area contributed by atoms with Crippen LogP contribution in [0.4, 0.5) is 0 Å². The molecule has 2 aromatic carbocycles. The minimum absolute atomic E-state index is 0.902. The Morgan fingerprint density at radius 1 is 0.905 bits per heavy atom. The summed E-state index contributed by atoms with van der Waals surface area (Å²) in [6.45, 7) is 0. The van der Waals surface area contributed by atoms with Crippen LogP contribution in [0.5, 0.6) is 0 Å². The molecule has 2 heterocycles. The normalized spacial score (nSPS) is 11.1. The topological polar surface area (TPSA) is 30.2 Å². The van der Waals surface area contributed by atoms with E-state index in [1.165, 1.54) is 0 Å². The number of imidazole rings is 1. The summed E-state index contributed by atoms with van der Waals surface area (Å²) in [6, 6.07) is 18.1. The van der Waals surface area contributed by atoms with Crippen LogP contribution in [-0.2, 0) is 0 Å². The van der Waals surface area contributed by atoms with Gasteiger partial charge in [-0.25, -0.2) is 9.50 Å². The Kier molecular flexibility index (Phi) is 3.02. The summed E-state index contributed by atoms with van der Waals surface area (Å²) in [4.78, 5) is 6.50. The third-order valence-electron chi connectivity index (χ3n) is 3.23. The van der Waals surface area contributed by atoms with E-state index in [0.717, 1.165) is 31.7 Å². The van der Waals surface area contributed by atoms with Crippen molar-refractivity contribution < 1.29 is 0 Å². The Bertz CT molecular complexity index is 861. The summed E-state index contributed by atoms with van der Waals surface area (Å²) < 4.78 is 1.84. The second kappa shape index (κ2) is 5.02. The molecule has 21 heavy (non-hydrogen) atoms. The molecule has 0 unspecified atom stereocenters. The Morgan fingerprint density at radius 3 is 2.38 bits per heavy atom. The summed E-state index contributed by atoms with van der Waals surface area (Å²) in [7, 11) is 0. The molecule has 4 aromatic rings. The van der Waals surface area contributed by atoms with Gasteiger partial charge < -0.3 is 0 Å². The minimum atomic E-state index is 0.902. The second-order valence-corrected chi connectivity index (χ2v) is 6.15. The van der Waals surface area contributed by atoms with Gasteiger partial charge in [0.25, 0.3) is 0 Å². The fourth-order valence-electron chi connectivity index (χ4n) is 2.17. The van der Waals surface area contributed by atoms with Crippen molar-refractivity contribution in [2.45, 2.75) is 4.90 Å². The minimum Gasteiger partial charge on any atom is -0.217 e. The van der Waals surface area contributed by atoms with E-state index in [0.29, 0.717) is 0 Å². The highest BCUT2D eigenvalue weighted by Gasteiger charge is 2.10. The van der Waals surface area contributed by atoms with Gasteiger partial charge in [-0.2, -0.15) is 5.10 Å². The van der Waals surface area contributed by atoms with Crippen molar-refractivity contribution in [3.05, 3.63) is 60.8 Å². The summed E-state index contributed by atoms with van der Waals surface area (Å²) in [5.41, 5.74) is 3.13. The molecule has 0 aliphatic rings. The fraction of sp³-hybridized carbons (Fsp3) is 0. The molecule has 0 saturated carbocycles. The summed E-state index contributed by atoms with van der Waals surface area (Å²) in [5, 5.41) is 5.59. The molecule has 0 bridgehead atoms. The Morgan fingerprint density at radius 2 is 1.67 bits per heavy atom. The maximum Gasteiger partial charge on any atom is 0.213 e. The summed E-state index contributed by atoms with van der Waals surface area (Å²) in [6.07, 6.45) is 1.96. The van der Waals surface area contributed by atoms with Gasteiger partial charge in [-0.15, -0.1) is 12.6 Å². The molecule has 0 amide bonds. The van der Waals surface area contributed by atoms with Crippen LogP contribution in [-0.4, -0.2) is 14.6 Å². The number of hydrogen-bond donors (Lipinski definition) is 1. The number of aromatic nitrogens is 3. The summed E-state index contributed by atoms with van der Waals surface area (Å²) in [5.74, 6) is 0. The zero-order valence-corrected chi connectivity index (χ0v) is 12.7. The van der Waals surface area contributed by atoms with Crippen molar-refractivity contribution in [2.24, 2.45) is 0 Å². The molecule has 0 N–H and O–H groups in total. The van der Waals surface area contributed by atoms with Crippen molar-refractivity contribution in [3.8, 4) is 21.8 Å². The lowest BCUT2D eigenvalue weighted by molar-refractivity contribution is 0.978.